The number of hydrogen-bond donors (Lipinski definition) is 0. The largest absolute Gasteiger partial charge is 0.455 e. The van der Waals surface area contributed by atoms with Gasteiger partial charge in [-0.05, 0) is 99.3 Å². The number of hydrogen-bond acceptors (Lipinski definition) is 4. The molecule has 0 bridgehead atoms. The molecule has 0 aliphatic rings. The maximum absolute atomic E-state index is 6.80. The molecule has 4 heteroatoms. The average Bonchev–Trinajstić information content (AvgIpc) is 3.74. The van der Waals surface area contributed by atoms with Gasteiger partial charge >= 0.3 is 0 Å². The highest BCUT2D eigenvalue weighted by molar-refractivity contribution is 6.16. The van der Waals surface area contributed by atoms with Crippen LogP contribution in [0.4, 0.5) is 0 Å². The van der Waals surface area contributed by atoms with E-state index >= 15 is 0 Å². The molecule has 298 valence electrons. The molecule has 0 radical (unpaired) electrons. The Morgan fingerprint density at radius 1 is 0.302 bits per heavy atom. The van der Waals surface area contributed by atoms with Crippen LogP contribution in [0.3, 0.4) is 0 Å². The van der Waals surface area contributed by atoms with E-state index in [1.54, 1.807) is 0 Å². The molecule has 0 unspecified atom stereocenters. The minimum absolute atomic E-state index is 0.580. The molecule has 0 atom stereocenters. The molecule has 63 heavy (non-hydrogen) atoms. The summed E-state index contributed by atoms with van der Waals surface area (Å²) in [6, 6.07) is 74.2. The quantitative estimate of drug-likeness (QED) is 0.153. The monoisotopic (exact) mass is 807 g/mol. The summed E-state index contributed by atoms with van der Waals surface area (Å²) in [5.74, 6) is 1.78. The second-order valence-corrected chi connectivity index (χ2v) is 16.0. The van der Waals surface area contributed by atoms with Gasteiger partial charge in [0.05, 0.1) is 0 Å². The van der Waals surface area contributed by atoms with Gasteiger partial charge in [-0.3, -0.25) is 0 Å². The standard InChI is InChI=1S/C59H41N3O/c1-38-47(41-21-9-4-10-22-41)29-16-31-49(38)50-32-17-30-48(39(50)2)44-27-15-28-45(35-44)58-60-57(43-25-13-6-14-26-43)61-59(62-58)51-33-18-34-54-55(51)53-37-46(40-19-7-3-8-20-40)36-52(56(53)63-54)42-23-11-5-12-24-42/h3-37H,1-2H3. The van der Waals surface area contributed by atoms with E-state index in [1.807, 2.05) is 36.4 Å². The summed E-state index contributed by atoms with van der Waals surface area (Å²) in [5.41, 5.74) is 18.3. The SMILES string of the molecule is Cc1c(-c2ccccc2)cccc1-c1cccc(-c2cccc(-c3nc(-c4ccccc4)nc(-c4cccc5oc6c(-c7ccccc7)cc(-c7ccccc7)cc6c45)n3)c2)c1C. The lowest BCUT2D eigenvalue weighted by atomic mass is 9.88. The molecule has 2 heterocycles. The van der Waals surface area contributed by atoms with Gasteiger partial charge in [0.1, 0.15) is 11.2 Å². The molecule has 4 nitrogen and oxygen atoms in total. The Morgan fingerprint density at radius 2 is 0.746 bits per heavy atom. The highest BCUT2D eigenvalue weighted by atomic mass is 16.3. The number of fused-ring (bicyclic) bond motifs is 3. The molecule has 0 saturated heterocycles. The molecule has 0 aliphatic heterocycles. The Kier molecular flexibility index (Phi) is 9.59. The molecule has 11 rings (SSSR count). The summed E-state index contributed by atoms with van der Waals surface area (Å²) in [6.45, 7) is 4.45. The normalized spacial score (nSPS) is 11.3. The highest BCUT2D eigenvalue weighted by Gasteiger charge is 2.21. The van der Waals surface area contributed by atoms with Crippen LogP contribution in [0.25, 0.3) is 112 Å². The van der Waals surface area contributed by atoms with Crippen molar-refractivity contribution in [3.63, 3.8) is 0 Å². The van der Waals surface area contributed by atoms with Crippen LogP contribution in [0, 0.1) is 13.8 Å². The van der Waals surface area contributed by atoms with Crippen LogP contribution < -0.4 is 0 Å². The third-order valence-electron chi connectivity index (χ3n) is 12.2. The van der Waals surface area contributed by atoms with Crippen LogP contribution in [-0.4, -0.2) is 15.0 Å². The van der Waals surface area contributed by atoms with E-state index in [2.05, 4.69) is 190 Å². The molecule has 11 aromatic rings. The summed E-state index contributed by atoms with van der Waals surface area (Å²) in [4.78, 5) is 15.7. The first-order chi connectivity index (χ1) is 31.1. The molecule has 0 spiro atoms. The van der Waals surface area contributed by atoms with E-state index in [9.17, 15) is 0 Å². The molecule has 2 aromatic heterocycles. The van der Waals surface area contributed by atoms with Gasteiger partial charge in [0.2, 0.25) is 0 Å². The number of rotatable bonds is 8. The number of furan rings is 1. The summed E-state index contributed by atoms with van der Waals surface area (Å²) >= 11 is 0. The van der Waals surface area contributed by atoms with Crippen LogP contribution in [0.15, 0.2) is 217 Å². The van der Waals surface area contributed by atoms with Crippen LogP contribution in [0.2, 0.25) is 0 Å². The fraction of sp³-hybridized carbons (Fsp3) is 0.0339. The molecule has 0 N–H and O–H groups in total. The van der Waals surface area contributed by atoms with Crippen molar-refractivity contribution in [1.82, 2.24) is 15.0 Å². The zero-order chi connectivity index (χ0) is 42.3. The van der Waals surface area contributed by atoms with Gasteiger partial charge in [-0.15, -0.1) is 0 Å². The topological polar surface area (TPSA) is 51.8 Å². The van der Waals surface area contributed by atoms with Crippen molar-refractivity contribution in [2.45, 2.75) is 13.8 Å². The molecule has 0 saturated carbocycles. The molecule has 0 aliphatic carbocycles. The lowest BCUT2D eigenvalue weighted by Gasteiger charge is -2.17. The number of benzene rings is 9. The second kappa shape index (κ2) is 16.0. The zero-order valence-electron chi connectivity index (χ0n) is 35.0. The van der Waals surface area contributed by atoms with E-state index < -0.39 is 0 Å². The smallest absolute Gasteiger partial charge is 0.164 e. The van der Waals surface area contributed by atoms with Crippen LogP contribution in [0.1, 0.15) is 11.1 Å². The van der Waals surface area contributed by atoms with Crippen LogP contribution in [0.5, 0.6) is 0 Å². The van der Waals surface area contributed by atoms with Gasteiger partial charge in [-0.25, -0.2) is 15.0 Å². The molecular formula is C59H41N3O. The summed E-state index contributed by atoms with van der Waals surface area (Å²) in [5, 5.41) is 1.97. The highest BCUT2D eigenvalue weighted by Crippen LogP contribution is 2.43. The van der Waals surface area contributed by atoms with E-state index in [0.29, 0.717) is 17.5 Å². The van der Waals surface area contributed by atoms with Crippen molar-refractivity contribution in [3.8, 4) is 89.8 Å². The third kappa shape index (κ3) is 6.98. The fourth-order valence-electron chi connectivity index (χ4n) is 9.01. The van der Waals surface area contributed by atoms with Gasteiger partial charge in [0.15, 0.2) is 17.5 Å². The number of aromatic nitrogens is 3. The fourth-order valence-corrected chi connectivity index (χ4v) is 9.01. The molecular weight excluding hydrogens is 767 g/mol. The summed E-state index contributed by atoms with van der Waals surface area (Å²) in [6.07, 6.45) is 0. The second-order valence-electron chi connectivity index (χ2n) is 16.0. The van der Waals surface area contributed by atoms with Crippen molar-refractivity contribution >= 4 is 21.9 Å². The van der Waals surface area contributed by atoms with Crippen molar-refractivity contribution in [3.05, 3.63) is 223 Å². The Morgan fingerprint density at radius 3 is 1.38 bits per heavy atom. The van der Waals surface area contributed by atoms with Crippen molar-refractivity contribution in [2.24, 2.45) is 0 Å². The lowest BCUT2D eigenvalue weighted by Crippen LogP contribution is -2.00. The average molecular weight is 808 g/mol. The Labute approximate surface area is 366 Å². The van der Waals surface area contributed by atoms with Crippen LogP contribution in [-0.2, 0) is 0 Å². The van der Waals surface area contributed by atoms with E-state index in [1.165, 1.54) is 33.4 Å². The van der Waals surface area contributed by atoms with Crippen molar-refractivity contribution in [1.29, 1.82) is 0 Å². The first kappa shape index (κ1) is 37.8. The van der Waals surface area contributed by atoms with E-state index in [-0.39, 0.29) is 0 Å². The van der Waals surface area contributed by atoms with E-state index in [0.717, 1.165) is 72.0 Å². The number of nitrogens with zero attached hydrogens (tertiary/aromatic N) is 3. The minimum atomic E-state index is 0.580. The van der Waals surface area contributed by atoms with Crippen molar-refractivity contribution < 1.29 is 4.42 Å². The van der Waals surface area contributed by atoms with E-state index in [4.69, 9.17) is 19.4 Å². The van der Waals surface area contributed by atoms with Crippen LogP contribution >= 0.6 is 0 Å². The zero-order valence-corrected chi connectivity index (χ0v) is 35.0. The minimum Gasteiger partial charge on any atom is -0.455 e. The van der Waals surface area contributed by atoms with Gasteiger partial charge in [-0.2, -0.15) is 0 Å². The van der Waals surface area contributed by atoms with Crippen molar-refractivity contribution in [2.75, 3.05) is 0 Å². The molecule has 9 aromatic carbocycles. The first-order valence-electron chi connectivity index (χ1n) is 21.4. The maximum atomic E-state index is 6.80. The first-order valence-corrected chi connectivity index (χ1v) is 21.4. The summed E-state index contributed by atoms with van der Waals surface area (Å²) in [7, 11) is 0. The van der Waals surface area contributed by atoms with Gasteiger partial charge in [-0.1, -0.05) is 188 Å². The predicted molar refractivity (Wildman–Crippen MR) is 260 cm³/mol. The molecule has 0 fully saturated rings. The van der Waals surface area contributed by atoms with Gasteiger partial charge < -0.3 is 4.42 Å². The maximum Gasteiger partial charge on any atom is 0.164 e. The Hall–Kier alpha value is -8.21. The third-order valence-corrected chi connectivity index (χ3v) is 12.2. The van der Waals surface area contributed by atoms with Gasteiger partial charge in [0, 0.05) is 33.0 Å². The Balaban J connectivity index is 1.07. The predicted octanol–water partition coefficient (Wildman–Crippen LogP) is 15.7. The lowest BCUT2D eigenvalue weighted by molar-refractivity contribution is 0.670. The summed E-state index contributed by atoms with van der Waals surface area (Å²) < 4.78 is 6.80. The Bertz CT molecular complexity index is 3450. The molecule has 0 amide bonds. The van der Waals surface area contributed by atoms with Gasteiger partial charge in [0.25, 0.3) is 0 Å².